The van der Waals surface area contributed by atoms with Crippen molar-refractivity contribution in [2.24, 2.45) is 0 Å². The molecule has 3 aromatic rings. The van der Waals surface area contributed by atoms with Crippen molar-refractivity contribution in [2.45, 2.75) is 19.1 Å². The first kappa shape index (κ1) is 19.0. The van der Waals surface area contributed by atoms with Crippen LogP contribution in [0, 0.1) is 0 Å². The fourth-order valence-electron chi connectivity index (χ4n) is 3.00. The maximum Gasteiger partial charge on any atom is 0.387 e. The molecule has 1 aromatic heterocycles. The topological polar surface area (TPSA) is 77.5 Å². The third-order valence-corrected chi connectivity index (χ3v) is 5.06. The summed E-state index contributed by atoms with van der Waals surface area (Å²) in [6.45, 7) is -2.96. The van der Waals surface area contributed by atoms with E-state index in [-0.39, 0.29) is 17.3 Å². The zero-order valence-corrected chi connectivity index (χ0v) is 15.6. The number of hydrogen-bond acceptors (Lipinski definition) is 6. The number of anilines is 1. The van der Waals surface area contributed by atoms with E-state index in [0.717, 1.165) is 16.9 Å². The van der Waals surface area contributed by atoms with Crippen molar-refractivity contribution in [3.05, 3.63) is 65.0 Å². The smallest absolute Gasteiger partial charge is 0.387 e. The van der Waals surface area contributed by atoms with Gasteiger partial charge < -0.3 is 9.47 Å². The number of aromatic nitrogens is 1. The van der Waals surface area contributed by atoms with Gasteiger partial charge in [-0.2, -0.15) is 8.78 Å². The Morgan fingerprint density at radius 1 is 1.17 bits per heavy atom. The van der Waals surface area contributed by atoms with E-state index in [1.165, 1.54) is 6.07 Å². The fraction of sp³-hybridized carbons (Fsp3) is 0.150. The number of nitrogens with zero attached hydrogens (tertiary/aromatic N) is 1. The van der Waals surface area contributed by atoms with Gasteiger partial charge in [-0.25, -0.2) is 9.78 Å². The van der Waals surface area contributed by atoms with E-state index in [2.05, 4.69) is 15.0 Å². The van der Waals surface area contributed by atoms with Crippen LogP contribution in [0.1, 0.15) is 15.9 Å². The minimum absolute atomic E-state index is 0.0107. The second-order valence-electron chi connectivity index (χ2n) is 6.16. The molecule has 0 saturated heterocycles. The summed E-state index contributed by atoms with van der Waals surface area (Å²) in [6.07, 6.45) is -0.712. The molecule has 6 nitrogen and oxygen atoms in total. The predicted molar refractivity (Wildman–Crippen MR) is 102 cm³/mol. The Morgan fingerprint density at radius 3 is 2.69 bits per heavy atom. The molecule has 1 unspecified atom stereocenters. The normalized spacial score (nSPS) is 15.6. The van der Waals surface area contributed by atoms with Crippen LogP contribution in [-0.2, 0) is 16.0 Å². The Labute approximate surface area is 168 Å². The van der Waals surface area contributed by atoms with Gasteiger partial charge >= 0.3 is 12.6 Å². The van der Waals surface area contributed by atoms with Gasteiger partial charge in [-0.1, -0.05) is 30.3 Å². The number of para-hydroxylation sites is 1. The van der Waals surface area contributed by atoms with Gasteiger partial charge in [0, 0.05) is 17.4 Å². The van der Waals surface area contributed by atoms with Crippen LogP contribution in [0.25, 0.3) is 11.3 Å². The number of carbonyl (C=O) groups excluding carboxylic acids is 2. The summed E-state index contributed by atoms with van der Waals surface area (Å²) in [5.74, 6) is -1.07. The number of fused-ring (bicyclic) bond motifs is 1. The van der Waals surface area contributed by atoms with E-state index in [1.807, 2.05) is 0 Å². The molecule has 29 heavy (non-hydrogen) atoms. The lowest BCUT2D eigenvalue weighted by Crippen LogP contribution is -2.37. The molecule has 0 aliphatic carbocycles. The number of amides is 1. The molecule has 1 aliphatic heterocycles. The summed E-state index contributed by atoms with van der Waals surface area (Å²) in [6, 6.07) is 13.2. The fourth-order valence-corrected chi connectivity index (χ4v) is 3.71. The number of halogens is 2. The largest absolute Gasteiger partial charge is 0.448 e. The lowest BCUT2D eigenvalue weighted by molar-refractivity contribution is -0.125. The third kappa shape index (κ3) is 4.09. The molecule has 148 valence electrons. The van der Waals surface area contributed by atoms with Crippen LogP contribution < -0.4 is 10.1 Å². The zero-order chi connectivity index (χ0) is 20.4. The molecule has 1 atom stereocenters. The molecule has 0 saturated carbocycles. The van der Waals surface area contributed by atoms with E-state index < -0.39 is 24.6 Å². The summed E-state index contributed by atoms with van der Waals surface area (Å²) in [7, 11) is 0. The summed E-state index contributed by atoms with van der Waals surface area (Å²) >= 11 is 1.12. The number of cyclic esters (lactones) is 1. The minimum Gasteiger partial charge on any atom is -0.448 e. The molecule has 0 fully saturated rings. The summed E-state index contributed by atoms with van der Waals surface area (Å²) in [5, 5.41) is 4.49. The highest BCUT2D eigenvalue weighted by Gasteiger charge is 2.31. The van der Waals surface area contributed by atoms with Crippen molar-refractivity contribution in [1.82, 2.24) is 4.98 Å². The van der Waals surface area contributed by atoms with Crippen LogP contribution >= 0.6 is 11.3 Å². The average Bonchev–Trinajstić information content (AvgIpc) is 3.16. The molecule has 0 bridgehead atoms. The Balaban J connectivity index is 1.49. The number of ether oxygens (including phenoxy) is 2. The Morgan fingerprint density at radius 2 is 1.90 bits per heavy atom. The number of nitrogens with one attached hydrogen (secondary N) is 1. The number of thiazole rings is 1. The maximum absolute atomic E-state index is 12.6. The maximum atomic E-state index is 12.6. The van der Waals surface area contributed by atoms with Crippen molar-refractivity contribution in [2.75, 3.05) is 5.32 Å². The van der Waals surface area contributed by atoms with E-state index in [4.69, 9.17) is 4.74 Å². The van der Waals surface area contributed by atoms with Gasteiger partial charge in [-0.3, -0.25) is 10.1 Å². The van der Waals surface area contributed by atoms with Gasteiger partial charge in [0.2, 0.25) is 0 Å². The molecule has 0 spiro atoms. The number of hydrogen-bond donors (Lipinski definition) is 1. The predicted octanol–water partition coefficient (Wildman–Crippen LogP) is 4.13. The Kier molecular flexibility index (Phi) is 5.22. The summed E-state index contributed by atoms with van der Waals surface area (Å²) in [5.41, 5.74) is 1.95. The van der Waals surface area contributed by atoms with Crippen LogP contribution in [0.5, 0.6) is 5.75 Å². The molecule has 2 heterocycles. The minimum atomic E-state index is -2.96. The van der Waals surface area contributed by atoms with Crippen molar-refractivity contribution in [1.29, 1.82) is 0 Å². The molecule has 9 heteroatoms. The van der Waals surface area contributed by atoms with Gasteiger partial charge in [0.1, 0.15) is 5.75 Å². The number of benzene rings is 2. The molecule has 2 aromatic carbocycles. The highest BCUT2D eigenvalue weighted by Crippen LogP contribution is 2.33. The summed E-state index contributed by atoms with van der Waals surface area (Å²) < 4.78 is 34.9. The lowest BCUT2D eigenvalue weighted by atomic mass is 9.98. The van der Waals surface area contributed by atoms with Crippen molar-refractivity contribution in [3.8, 4) is 17.0 Å². The second kappa shape index (κ2) is 7.96. The average molecular weight is 416 g/mol. The van der Waals surface area contributed by atoms with Crippen molar-refractivity contribution in [3.63, 3.8) is 0 Å². The number of esters is 1. The van der Waals surface area contributed by atoms with E-state index in [9.17, 15) is 18.4 Å². The van der Waals surface area contributed by atoms with E-state index in [1.54, 1.807) is 47.8 Å². The van der Waals surface area contributed by atoms with Gasteiger partial charge in [0.05, 0.1) is 11.3 Å². The number of rotatable bonds is 5. The molecule has 1 aliphatic rings. The molecular formula is C20H14F2N2O4S. The number of carbonyl (C=O) groups is 2. The molecule has 0 radical (unpaired) electrons. The van der Waals surface area contributed by atoms with Crippen LogP contribution in [0.15, 0.2) is 53.9 Å². The first-order valence-corrected chi connectivity index (χ1v) is 9.48. The highest BCUT2D eigenvalue weighted by atomic mass is 32.1. The lowest BCUT2D eigenvalue weighted by Gasteiger charge is -2.23. The zero-order valence-electron chi connectivity index (χ0n) is 14.8. The van der Waals surface area contributed by atoms with Gasteiger partial charge in [0.15, 0.2) is 11.2 Å². The van der Waals surface area contributed by atoms with E-state index >= 15 is 0 Å². The van der Waals surface area contributed by atoms with Gasteiger partial charge in [0.25, 0.3) is 5.91 Å². The molecular weight excluding hydrogens is 402 g/mol. The number of alkyl halides is 2. The first-order valence-electron chi connectivity index (χ1n) is 8.61. The van der Waals surface area contributed by atoms with Crippen LogP contribution in [0.2, 0.25) is 0 Å². The highest BCUT2D eigenvalue weighted by molar-refractivity contribution is 7.14. The first-order chi connectivity index (χ1) is 14.0. The van der Waals surface area contributed by atoms with Crippen LogP contribution in [-0.4, -0.2) is 29.6 Å². The van der Waals surface area contributed by atoms with Gasteiger partial charge in [-0.15, -0.1) is 11.3 Å². The SMILES string of the molecule is O=C1OC(C(=O)Nc2nc(-c3ccccc3OC(F)F)cs2)Cc2ccccc21. The quantitative estimate of drug-likeness (QED) is 0.633. The van der Waals surface area contributed by atoms with Crippen molar-refractivity contribution >= 4 is 28.3 Å². The van der Waals surface area contributed by atoms with Crippen LogP contribution in [0.4, 0.5) is 13.9 Å². The van der Waals surface area contributed by atoms with E-state index in [0.29, 0.717) is 16.8 Å². The van der Waals surface area contributed by atoms with Crippen molar-refractivity contribution < 1.29 is 27.8 Å². The Hall–Kier alpha value is -3.33. The second-order valence-corrected chi connectivity index (χ2v) is 7.02. The van der Waals surface area contributed by atoms with Crippen LogP contribution in [0.3, 0.4) is 0 Å². The monoisotopic (exact) mass is 416 g/mol. The molecule has 4 rings (SSSR count). The van der Waals surface area contributed by atoms with Gasteiger partial charge in [-0.05, 0) is 23.8 Å². The standard InChI is InChI=1S/C20H14F2N2O4S/c21-19(22)28-15-8-4-3-7-13(15)14-10-29-20(23-14)24-17(25)16-9-11-5-1-2-6-12(11)18(26)27-16/h1-8,10,16,19H,9H2,(H,23,24,25). The Bertz CT molecular complexity index is 1070. The third-order valence-electron chi connectivity index (χ3n) is 4.30. The summed E-state index contributed by atoms with van der Waals surface area (Å²) in [4.78, 5) is 28.9. The molecule has 1 N–H and O–H groups in total. The molecule has 1 amide bonds.